The van der Waals surface area contributed by atoms with E-state index in [2.05, 4.69) is 0 Å². The van der Waals surface area contributed by atoms with Crippen molar-refractivity contribution < 1.29 is 87.3 Å². The molecule has 158 valence electrons. The second-order valence-electron chi connectivity index (χ2n) is 4.74. The Balaban J connectivity index is -0.000000411. The topological polar surface area (TPSA) is 276 Å². The van der Waals surface area contributed by atoms with Crippen LogP contribution in [0, 0.1) is 0 Å². The van der Waals surface area contributed by atoms with Gasteiger partial charge in [-0.25, -0.2) is 0 Å². The molecule has 0 bridgehead atoms. The zero-order valence-electron chi connectivity index (χ0n) is 13.2. The molecule has 0 saturated carbocycles. The smallest absolute Gasteiger partial charge is 0.547 e. The molecule has 0 aromatic carbocycles. The molecule has 0 aliphatic heterocycles. The fraction of sp³-hybridized carbons (Fsp3) is 0.667. The van der Waals surface area contributed by atoms with Gasteiger partial charge in [-0.05, 0) is 0 Å². The molecule has 0 fully saturated rings. The number of aliphatic hydroxyl groups is 8. The van der Waals surface area contributed by atoms with Crippen molar-refractivity contribution in [3.8, 4) is 0 Å². The van der Waals surface area contributed by atoms with Gasteiger partial charge < -0.3 is 70.2 Å². The van der Waals surface area contributed by atoms with Gasteiger partial charge in [0.1, 0.15) is 48.8 Å². The van der Waals surface area contributed by atoms with Crippen molar-refractivity contribution in [3.63, 3.8) is 0 Å². The second-order valence-corrected chi connectivity index (χ2v) is 4.74. The molecule has 27 heavy (non-hydrogen) atoms. The number of aliphatic carboxylic acids is 2. The molecule has 8 atom stereocenters. The van der Waals surface area contributed by atoms with Gasteiger partial charge in [0.05, 0.1) is 11.9 Å². The number of hydrogen-bond donors (Lipinski definition) is 8. The summed E-state index contributed by atoms with van der Waals surface area (Å²) in [7, 11) is 0. The van der Waals surface area contributed by atoms with Crippen LogP contribution in [0.1, 0.15) is 0 Å². The van der Waals surface area contributed by atoms with Crippen LogP contribution >= 0.6 is 0 Å². The fourth-order valence-electron chi connectivity index (χ4n) is 1.22. The summed E-state index contributed by atoms with van der Waals surface area (Å²) < 4.78 is 0. The number of carboxylic acids is 2. The molecule has 15 heteroatoms. The van der Waals surface area contributed by atoms with Crippen molar-refractivity contribution in [1.82, 2.24) is 0 Å². The summed E-state index contributed by atoms with van der Waals surface area (Å²) in [5.41, 5.74) is 0. The van der Waals surface area contributed by atoms with Gasteiger partial charge in [-0.15, -0.1) is 0 Å². The Morgan fingerprint density at radius 2 is 0.815 bits per heavy atom. The summed E-state index contributed by atoms with van der Waals surface area (Å²) >= 11 is 0. The molecule has 0 radical (unpaired) electrons. The SMILES string of the molecule is O=C[C@H](O)[C@@H](O)[C@H](O)[C@H](O)C(=O)[O-].O=C[C@H](O)[C@@H](O)[C@H](O)[C@H](O)C(=O)[O-].[Fe+2]. The molecule has 0 saturated heterocycles. The van der Waals surface area contributed by atoms with E-state index >= 15 is 0 Å². The van der Waals surface area contributed by atoms with Crippen molar-refractivity contribution in [2.24, 2.45) is 0 Å². The molecule has 0 rings (SSSR count). The van der Waals surface area contributed by atoms with Gasteiger partial charge in [-0.2, -0.15) is 0 Å². The molecular formula is C12H18FeO14. The Bertz CT molecular complexity index is 431. The van der Waals surface area contributed by atoms with Crippen molar-refractivity contribution in [2.45, 2.75) is 48.8 Å². The van der Waals surface area contributed by atoms with E-state index in [0.717, 1.165) is 0 Å². The Morgan fingerprint density at radius 1 is 0.593 bits per heavy atom. The van der Waals surface area contributed by atoms with Crippen molar-refractivity contribution in [1.29, 1.82) is 0 Å². The van der Waals surface area contributed by atoms with E-state index in [-0.39, 0.29) is 29.6 Å². The molecule has 0 unspecified atom stereocenters. The molecule has 8 N–H and O–H groups in total. The molecule has 0 aliphatic carbocycles. The molecule has 0 amide bonds. The van der Waals surface area contributed by atoms with E-state index in [4.69, 9.17) is 40.9 Å². The quantitative estimate of drug-likeness (QED) is 0.115. The average Bonchev–Trinajstić information content (AvgIpc) is 2.62. The van der Waals surface area contributed by atoms with Crippen LogP contribution in [0.2, 0.25) is 0 Å². The van der Waals surface area contributed by atoms with Gasteiger partial charge in [0.25, 0.3) is 0 Å². The third-order valence-corrected chi connectivity index (χ3v) is 2.81. The minimum atomic E-state index is -2.36. The van der Waals surface area contributed by atoms with Gasteiger partial charge in [0, 0.05) is 0 Å². The van der Waals surface area contributed by atoms with Crippen LogP contribution < -0.4 is 10.2 Å². The Hall–Kier alpha value is -1.52. The number of aliphatic hydroxyl groups excluding tert-OH is 8. The third kappa shape index (κ3) is 10.4. The first-order valence-corrected chi connectivity index (χ1v) is 6.60. The second kappa shape index (κ2) is 14.5. The minimum absolute atomic E-state index is 0. The van der Waals surface area contributed by atoms with Gasteiger partial charge in [-0.1, -0.05) is 0 Å². The van der Waals surface area contributed by atoms with Crippen molar-refractivity contribution in [2.75, 3.05) is 0 Å². The predicted molar refractivity (Wildman–Crippen MR) is 70.2 cm³/mol. The van der Waals surface area contributed by atoms with Crippen LogP contribution in [0.4, 0.5) is 0 Å². The van der Waals surface area contributed by atoms with Gasteiger partial charge >= 0.3 is 17.1 Å². The fourth-order valence-corrected chi connectivity index (χ4v) is 1.22. The standard InChI is InChI=1S/2C6H10O7.Fe/c2*7-1-2(8)3(9)4(10)5(11)6(12)13;/h2*1-5,8-11H,(H,12,13);/q;;+2/p-2/t2*2-,3+,4-,5-;/m00./s1. The van der Waals surface area contributed by atoms with Crippen LogP contribution in [0.3, 0.4) is 0 Å². The van der Waals surface area contributed by atoms with Crippen LogP contribution in [0.5, 0.6) is 0 Å². The van der Waals surface area contributed by atoms with Gasteiger partial charge in [-0.3, -0.25) is 0 Å². The van der Waals surface area contributed by atoms with E-state index in [9.17, 15) is 29.4 Å². The van der Waals surface area contributed by atoms with Gasteiger partial charge in [0.15, 0.2) is 12.6 Å². The zero-order chi connectivity index (χ0) is 21.2. The number of hydrogen-bond acceptors (Lipinski definition) is 14. The molecule has 14 nitrogen and oxygen atoms in total. The van der Waals surface area contributed by atoms with Crippen molar-refractivity contribution in [3.05, 3.63) is 0 Å². The maximum atomic E-state index is 9.95. The predicted octanol–water partition coefficient (Wildman–Crippen LogP) is -9.24. The van der Waals surface area contributed by atoms with Crippen molar-refractivity contribution >= 4 is 24.5 Å². The third-order valence-electron chi connectivity index (χ3n) is 2.81. The van der Waals surface area contributed by atoms with Crippen LogP contribution in [-0.2, 0) is 36.2 Å². The molecule has 0 aromatic rings. The number of rotatable bonds is 10. The first kappa shape index (κ1) is 30.2. The molecule has 0 aromatic heterocycles. The summed E-state index contributed by atoms with van der Waals surface area (Å²) in [4.78, 5) is 39.7. The maximum absolute atomic E-state index is 9.95. The van der Waals surface area contributed by atoms with E-state index in [1.165, 1.54) is 0 Å². The summed E-state index contributed by atoms with van der Waals surface area (Å²) in [6, 6.07) is 0. The largest absolute Gasteiger partial charge is 2.00 e. The summed E-state index contributed by atoms with van der Waals surface area (Å²) in [6.07, 6.45) is -17.3. The average molecular weight is 442 g/mol. The van der Waals surface area contributed by atoms with E-state index in [1.54, 1.807) is 0 Å². The Labute approximate surface area is 161 Å². The minimum Gasteiger partial charge on any atom is -0.547 e. The maximum Gasteiger partial charge on any atom is 2.00 e. The molecule has 0 aliphatic rings. The summed E-state index contributed by atoms with van der Waals surface area (Å²) in [6.45, 7) is 0. The van der Waals surface area contributed by atoms with E-state index in [0.29, 0.717) is 0 Å². The first-order valence-electron chi connectivity index (χ1n) is 6.60. The van der Waals surface area contributed by atoms with E-state index < -0.39 is 60.8 Å². The van der Waals surface area contributed by atoms with Crippen LogP contribution in [0.15, 0.2) is 0 Å². The Morgan fingerprint density at radius 3 is 0.963 bits per heavy atom. The van der Waals surface area contributed by atoms with Crippen LogP contribution in [0.25, 0.3) is 0 Å². The number of aldehydes is 2. The molecular weight excluding hydrogens is 424 g/mol. The Kier molecular flexibility index (Phi) is 16.3. The first-order chi connectivity index (χ1) is 11.8. The van der Waals surface area contributed by atoms with Crippen LogP contribution in [-0.4, -0.2) is 114 Å². The molecule has 0 spiro atoms. The monoisotopic (exact) mass is 442 g/mol. The summed E-state index contributed by atoms with van der Waals surface area (Å²) in [5, 5.41) is 89.7. The molecule has 0 heterocycles. The normalized spacial score (nSPS) is 19.3. The van der Waals surface area contributed by atoms with E-state index in [1.807, 2.05) is 0 Å². The number of carbonyl (C=O) groups excluding carboxylic acids is 4. The zero-order valence-corrected chi connectivity index (χ0v) is 14.3. The number of carbonyl (C=O) groups is 4. The van der Waals surface area contributed by atoms with Gasteiger partial charge in [0.2, 0.25) is 0 Å². The number of carboxylic acid groups (broad SMARTS) is 2. The summed E-state index contributed by atoms with van der Waals surface area (Å²) in [5.74, 6) is -4.02.